The summed E-state index contributed by atoms with van der Waals surface area (Å²) >= 11 is 0. The number of hydrogen-bond acceptors (Lipinski definition) is 10. The van der Waals surface area contributed by atoms with Crippen molar-refractivity contribution in [2.24, 2.45) is 11.8 Å². The van der Waals surface area contributed by atoms with Crippen molar-refractivity contribution in [2.75, 3.05) is 0 Å². The van der Waals surface area contributed by atoms with Gasteiger partial charge in [-0.1, -0.05) is 0 Å². The molecule has 0 aromatic carbocycles. The molecule has 1 saturated heterocycles. The molecule has 114 valence electrons. The van der Waals surface area contributed by atoms with Crippen LogP contribution in [0.3, 0.4) is 0 Å². The van der Waals surface area contributed by atoms with Gasteiger partial charge in [0.2, 0.25) is 0 Å². The van der Waals surface area contributed by atoms with Gasteiger partial charge in [-0.15, -0.1) is 0 Å². The van der Waals surface area contributed by atoms with E-state index < -0.39 is 45.7 Å². The fraction of sp³-hybridized carbons (Fsp3) is 1.00. The van der Waals surface area contributed by atoms with Crippen molar-refractivity contribution in [2.45, 2.75) is 26.2 Å². The molecule has 19 heavy (non-hydrogen) atoms. The van der Waals surface area contributed by atoms with E-state index in [1.165, 1.54) is 0 Å². The zero-order valence-electron chi connectivity index (χ0n) is 11.2. The van der Waals surface area contributed by atoms with Gasteiger partial charge in [0.05, 0.1) is 0 Å². The average molecular weight is 365 g/mol. The van der Waals surface area contributed by atoms with E-state index in [4.69, 9.17) is 41.4 Å². The number of nitrogens with two attached hydrogens (primary N) is 2. The van der Waals surface area contributed by atoms with Crippen LogP contribution >= 0.6 is 0 Å². The van der Waals surface area contributed by atoms with Crippen molar-refractivity contribution in [1.29, 1.82) is 0 Å². The van der Waals surface area contributed by atoms with Gasteiger partial charge in [-0.25, -0.2) is 11.8 Å². The zero-order valence-corrected chi connectivity index (χ0v) is 16.8. The Morgan fingerprint density at radius 3 is 2.05 bits per heavy atom. The molecule has 3 atom stereocenters. The Kier molecular flexibility index (Phi) is 6.19. The highest BCUT2D eigenvalue weighted by Gasteiger charge is 2.48. The van der Waals surface area contributed by atoms with Gasteiger partial charge in [0.15, 0.2) is 0 Å². The van der Waals surface area contributed by atoms with Crippen LogP contribution in [0.15, 0.2) is 0 Å². The molecule has 1 aliphatic heterocycles. The lowest BCUT2D eigenvalue weighted by Crippen LogP contribution is -2.60. The molecular weight excluding hydrogens is 344 g/mol. The van der Waals surface area contributed by atoms with Crippen molar-refractivity contribution >= 4 is 45.7 Å². The monoisotopic (exact) mass is 364 g/mol. The number of hydrogen-bond donors (Lipinski definition) is 3. The van der Waals surface area contributed by atoms with Crippen molar-refractivity contribution in [3.8, 4) is 0 Å². The fourth-order valence-electron chi connectivity index (χ4n) is 1.35. The quantitative estimate of drug-likeness (QED) is 0.353. The maximum Gasteiger partial charge on any atom is 0.497 e. The molecule has 1 fully saturated rings. The minimum absolute atomic E-state index is 1.54. The summed E-state index contributed by atoms with van der Waals surface area (Å²) in [4.78, 5) is 9.86. The van der Waals surface area contributed by atoms with Crippen molar-refractivity contribution < 1.29 is 34.4 Å². The molecule has 0 radical (unpaired) electrons. The first-order valence-corrected chi connectivity index (χ1v) is 15.3. The maximum absolute atomic E-state index is 9.86. The van der Waals surface area contributed by atoms with E-state index in [0.29, 0.717) is 0 Å². The van der Waals surface area contributed by atoms with E-state index in [1.54, 1.807) is 26.2 Å². The van der Waals surface area contributed by atoms with E-state index in [1.807, 2.05) is 0 Å². The van der Waals surface area contributed by atoms with Crippen LogP contribution < -0.4 is 11.8 Å². The van der Waals surface area contributed by atoms with Gasteiger partial charge < -0.3 is 25.4 Å². The molecule has 10 nitrogen and oxygen atoms in total. The Hall–Kier alpha value is 0.684. The lowest BCUT2D eigenvalue weighted by molar-refractivity contribution is 0.108. The standard InChI is InChI=1S/C4H20N2O8Si5/c1-17(2)12-16(7)13-18(3,8-5)10-15-11-19(4,9-6)14-17/h7,16H,5-6,15H2,1-4H3. The van der Waals surface area contributed by atoms with Crippen LogP contribution in [0.4, 0.5) is 0 Å². The minimum atomic E-state index is -3.15. The predicted octanol–water partition coefficient (Wildman–Crippen LogP) is -2.59. The largest absolute Gasteiger partial charge is 0.497 e. The normalized spacial score (nSPS) is 42.2. The van der Waals surface area contributed by atoms with Crippen LogP contribution in [0.25, 0.3) is 0 Å². The predicted molar refractivity (Wildman–Crippen MR) is 74.6 cm³/mol. The second-order valence-corrected chi connectivity index (χ2v) is 17.0. The maximum atomic E-state index is 9.86. The van der Waals surface area contributed by atoms with Gasteiger partial charge in [-0.05, 0) is 13.1 Å². The van der Waals surface area contributed by atoms with E-state index in [9.17, 15) is 4.80 Å². The molecule has 1 aliphatic rings. The summed E-state index contributed by atoms with van der Waals surface area (Å²) < 4.78 is 36.9. The van der Waals surface area contributed by atoms with Crippen LogP contribution in [0.1, 0.15) is 0 Å². The van der Waals surface area contributed by atoms with Gasteiger partial charge in [0.25, 0.3) is 10.0 Å². The summed E-state index contributed by atoms with van der Waals surface area (Å²) in [5.41, 5.74) is 0. The molecule has 1 heterocycles. The van der Waals surface area contributed by atoms with Crippen LogP contribution in [-0.4, -0.2) is 50.5 Å². The van der Waals surface area contributed by atoms with Crippen molar-refractivity contribution in [3.63, 3.8) is 0 Å². The molecule has 0 aromatic rings. The molecular formula is C4H20N2O8Si5. The lowest BCUT2D eigenvalue weighted by atomic mass is 11.9. The Labute approximate surface area is 118 Å². The lowest BCUT2D eigenvalue weighted by Gasteiger charge is -2.37. The second kappa shape index (κ2) is 6.63. The van der Waals surface area contributed by atoms with Gasteiger partial charge in [-0.2, -0.15) is 0 Å². The van der Waals surface area contributed by atoms with Gasteiger partial charge >= 0.3 is 35.7 Å². The molecule has 0 spiro atoms. The molecule has 5 N–H and O–H groups in total. The molecule has 3 unspecified atom stereocenters. The summed E-state index contributed by atoms with van der Waals surface area (Å²) in [5.74, 6) is 10.4. The molecule has 0 amide bonds. The van der Waals surface area contributed by atoms with Gasteiger partial charge in [-0.3, -0.25) is 9.05 Å². The summed E-state index contributed by atoms with van der Waals surface area (Å²) in [6.45, 7) is 6.63. The SMILES string of the molecule is C[Si]1(C)O[SiH](O)O[Si](C)(ON)O[SiH2]O[Si](C)(ON)O1. The van der Waals surface area contributed by atoms with Crippen molar-refractivity contribution in [3.05, 3.63) is 0 Å². The molecule has 0 bridgehead atoms. The Morgan fingerprint density at radius 2 is 1.53 bits per heavy atom. The van der Waals surface area contributed by atoms with Crippen LogP contribution in [0, 0.1) is 0 Å². The van der Waals surface area contributed by atoms with Gasteiger partial charge in [0, 0.05) is 13.1 Å². The molecule has 0 aliphatic carbocycles. The van der Waals surface area contributed by atoms with Gasteiger partial charge in [0.1, 0.15) is 0 Å². The number of rotatable bonds is 2. The summed E-state index contributed by atoms with van der Waals surface area (Å²) in [7, 11) is -13.5. The third-order valence-corrected chi connectivity index (χ3v) is 17.2. The van der Waals surface area contributed by atoms with Crippen molar-refractivity contribution in [1.82, 2.24) is 0 Å². The second-order valence-electron chi connectivity index (χ2n) is 4.41. The smallest absolute Gasteiger partial charge is 0.398 e. The Morgan fingerprint density at radius 1 is 1.00 bits per heavy atom. The summed E-state index contributed by atoms with van der Waals surface area (Å²) in [6.07, 6.45) is 0. The highest BCUT2D eigenvalue weighted by Crippen LogP contribution is 2.20. The molecule has 0 saturated carbocycles. The molecule has 15 heteroatoms. The summed E-state index contributed by atoms with van der Waals surface area (Å²) in [5, 5.41) is 0. The fourth-order valence-corrected chi connectivity index (χ4v) is 14.7. The first-order chi connectivity index (χ1) is 8.64. The van der Waals surface area contributed by atoms with Crippen LogP contribution in [-0.2, 0) is 29.6 Å². The third-order valence-electron chi connectivity index (χ3n) is 2.20. The average Bonchev–Trinajstić information content (AvgIpc) is 2.26. The Bertz CT molecular complexity index is 313. The van der Waals surface area contributed by atoms with E-state index in [0.717, 1.165) is 0 Å². The van der Waals surface area contributed by atoms with E-state index in [-0.39, 0.29) is 0 Å². The Balaban J connectivity index is 2.89. The molecule has 0 aromatic heterocycles. The first kappa shape index (κ1) is 17.7. The van der Waals surface area contributed by atoms with Crippen LogP contribution in [0.2, 0.25) is 26.2 Å². The zero-order chi connectivity index (χ0) is 14.7. The minimum Gasteiger partial charge on any atom is -0.398 e. The highest BCUT2D eigenvalue weighted by molar-refractivity contribution is 6.82. The van der Waals surface area contributed by atoms with Crippen LogP contribution in [0.5, 0.6) is 0 Å². The topological polar surface area (TPSA) is 137 Å². The highest BCUT2D eigenvalue weighted by atomic mass is 28.5. The van der Waals surface area contributed by atoms with E-state index in [2.05, 4.69) is 0 Å². The molecule has 1 rings (SSSR count). The summed E-state index contributed by atoms with van der Waals surface area (Å²) in [6, 6.07) is 0. The third kappa shape index (κ3) is 5.52. The van der Waals surface area contributed by atoms with E-state index >= 15 is 0 Å². The first-order valence-electron chi connectivity index (χ1n) is 5.41.